The molecule has 1 saturated carbocycles. The van der Waals surface area contributed by atoms with Gasteiger partial charge in [0, 0.05) is 39.3 Å². The van der Waals surface area contributed by atoms with Gasteiger partial charge in [-0.3, -0.25) is 9.59 Å². The highest BCUT2D eigenvalue weighted by molar-refractivity contribution is 5.92. The lowest BCUT2D eigenvalue weighted by Gasteiger charge is -2.34. The molecule has 5 nitrogen and oxygen atoms in total. The summed E-state index contributed by atoms with van der Waals surface area (Å²) >= 11 is 0. The predicted octanol–water partition coefficient (Wildman–Crippen LogP) is 1.05. The number of likely N-dealkylation sites (N-methyl/N-ethyl adjacent to an activating group) is 1. The second-order valence-electron chi connectivity index (χ2n) is 7.24. The monoisotopic (exact) mass is 307 g/mol. The third-order valence-corrected chi connectivity index (χ3v) is 5.52. The molecule has 0 radical (unpaired) electrons. The van der Waals surface area contributed by atoms with Crippen molar-refractivity contribution in [2.45, 2.75) is 33.1 Å². The van der Waals surface area contributed by atoms with Crippen LogP contribution in [-0.2, 0) is 9.59 Å². The lowest BCUT2D eigenvalue weighted by atomic mass is 10.00. The van der Waals surface area contributed by atoms with Gasteiger partial charge in [-0.2, -0.15) is 0 Å². The van der Waals surface area contributed by atoms with Gasteiger partial charge in [-0.05, 0) is 31.7 Å². The number of rotatable bonds is 3. The van der Waals surface area contributed by atoms with Crippen LogP contribution in [0.15, 0.2) is 0 Å². The average Bonchev–Trinajstić information content (AvgIpc) is 3.34. The van der Waals surface area contributed by atoms with Gasteiger partial charge in [-0.15, -0.1) is 0 Å². The Morgan fingerprint density at radius 3 is 2.18 bits per heavy atom. The van der Waals surface area contributed by atoms with Crippen LogP contribution in [0.3, 0.4) is 0 Å². The van der Waals surface area contributed by atoms with Crippen molar-refractivity contribution in [3.8, 4) is 0 Å². The zero-order valence-corrected chi connectivity index (χ0v) is 14.0. The van der Waals surface area contributed by atoms with Gasteiger partial charge in [0.1, 0.15) is 0 Å². The Bertz CT molecular complexity index is 432. The Hall–Kier alpha value is -1.10. The molecule has 0 aromatic heterocycles. The van der Waals surface area contributed by atoms with E-state index >= 15 is 0 Å². The van der Waals surface area contributed by atoms with Crippen LogP contribution in [0.25, 0.3) is 0 Å². The molecule has 0 bridgehead atoms. The largest absolute Gasteiger partial charge is 0.342 e. The first-order valence-corrected chi connectivity index (χ1v) is 8.90. The second-order valence-corrected chi connectivity index (χ2v) is 7.24. The number of nitrogens with zero attached hydrogens (tertiary/aromatic N) is 3. The number of carbonyl (C=O) groups is 2. The fourth-order valence-corrected chi connectivity index (χ4v) is 3.88. The van der Waals surface area contributed by atoms with Gasteiger partial charge in [-0.25, -0.2) is 0 Å². The normalized spacial score (nSPS) is 32.9. The molecule has 1 aliphatic carbocycles. The number of likely N-dealkylation sites (tertiary alicyclic amines) is 1. The molecular weight excluding hydrogens is 278 g/mol. The minimum Gasteiger partial charge on any atom is -0.342 e. The van der Waals surface area contributed by atoms with E-state index in [0.717, 1.165) is 58.7 Å². The zero-order chi connectivity index (χ0) is 15.7. The van der Waals surface area contributed by atoms with E-state index in [1.807, 2.05) is 9.80 Å². The summed E-state index contributed by atoms with van der Waals surface area (Å²) in [6.07, 6.45) is 3.10. The Morgan fingerprint density at radius 1 is 0.955 bits per heavy atom. The second kappa shape index (κ2) is 6.57. The van der Waals surface area contributed by atoms with Crippen LogP contribution in [-0.4, -0.2) is 72.3 Å². The van der Waals surface area contributed by atoms with Crippen molar-refractivity contribution >= 4 is 11.8 Å². The van der Waals surface area contributed by atoms with Crippen LogP contribution in [0.1, 0.15) is 33.1 Å². The molecule has 3 atom stereocenters. The van der Waals surface area contributed by atoms with Crippen LogP contribution < -0.4 is 0 Å². The Kier molecular flexibility index (Phi) is 4.71. The van der Waals surface area contributed by atoms with Gasteiger partial charge in [0.05, 0.1) is 11.8 Å². The molecule has 2 heterocycles. The fraction of sp³-hybridized carbons (Fsp3) is 0.882. The van der Waals surface area contributed by atoms with E-state index < -0.39 is 0 Å². The van der Waals surface area contributed by atoms with E-state index in [0.29, 0.717) is 5.92 Å². The van der Waals surface area contributed by atoms with Gasteiger partial charge in [0.2, 0.25) is 11.8 Å². The van der Waals surface area contributed by atoms with Crippen molar-refractivity contribution in [2.24, 2.45) is 17.8 Å². The molecule has 0 spiro atoms. The first-order chi connectivity index (χ1) is 10.6. The molecule has 3 unspecified atom stereocenters. The summed E-state index contributed by atoms with van der Waals surface area (Å²) < 4.78 is 0. The van der Waals surface area contributed by atoms with Crippen molar-refractivity contribution in [1.82, 2.24) is 14.7 Å². The van der Waals surface area contributed by atoms with Gasteiger partial charge >= 0.3 is 0 Å². The Morgan fingerprint density at radius 2 is 1.59 bits per heavy atom. The maximum Gasteiger partial charge on any atom is 0.226 e. The highest BCUT2D eigenvalue weighted by atomic mass is 16.2. The first-order valence-electron chi connectivity index (χ1n) is 8.90. The molecule has 2 amide bonds. The molecule has 2 saturated heterocycles. The summed E-state index contributed by atoms with van der Waals surface area (Å²) in [4.78, 5) is 31.4. The number of hydrogen-bond donors (Lipinski definition) is 0. The lowest BCUT2D eigenvalue weighted by Crippen LogP contribution is -2.49. The highest BCUT2D eigenvalue weighted by Crippen LogP contribution is 2.42. The summed E-state index contributed by atoms with van der Waals surface area (Å²) in [5, 5.41) is 0. The third-order valence-electron chi connectivity index (χ3n) is 5.52. The third kappa shape index (κ3) is 3.29. The molecule has 3 aliphatic rings. The van der Waals surface area contributed by atoms with Crippen molar-refractivity contribution in [2.75, 3.05) is 45.8 Å². The van der Waals surface area contributed by atoms with Gasteiger partial charge in [0.25, 0.3) is 0 Å². The predicted molar refractivity (Wildman–Crippen MR) is 85.3 cm³/mol. The summed E-state index contributed by atoms with van der Waals surface area (Å²) in [6.45, 7) is 10.8. The summed E-state index contributed by atoms with van der Waals surface area (Å²) in [7, 11) is 0. The molecule has 22 heavy (non-hydrogen) atoms. The van der Waals surface area contributed by atoms with Crippen molar-refractivity contribution < 1.29 is 9.59 Å². The minimum absolute atomic E-state index is 0.0259. The smallest absolute Gasteiger partial charge is 0.226 e. The number of amides is 2. The van der Waals surface area contributed by atoms with Crippen molar-refractivity contribution in [3.05, 3.63) is 0 Å². The van der Waals surface area contributed by atoms with E-state index in [2.05, 4.69) is 18.7 Å². The van der Waals surface area contributed by atoms with Gasteiger partial charge < -0.3 is 14.7 Å². The van der Waals surface area contributed by atoms with Gasteiger partial charge in [0.15, 0.2) is 0 Å². The summed E-state index contributed by atoms with van der Waals surface area (Å²) in [6, 6.07) is 0. The first kappa shape index (κ1) is 15.8. The lowest BCUT2D eigenvalue weighted by molar-refractivity contribution is -0.139. The number of piperazine rings is 1. The molecule has 2 aliphatic heterocycles. The summed E-state index contributed by atoms with van der Waals surface area (Å²) in [5.41, 5.74) is 0. The maximum absolute atomic E-state index is 12.6. The molecular formula is C17H29N3O2. The molecule has 0 N–H and O–H groups in total. The summed E-state index contributed by atoms with van der Waals surface area (Å²) in [5.74, 6) is 1.00. The van der Waals surface area contributed by atoms with Crippen LogP contribution in [0, 0.1) is 17.8 Å². The van der Waals surface area contributed by atoms with Crippen LogP contribution >= 0.6 is 0 Å². The maximum atomic E-state index is 12.6. The van der Waals surface area contributed by atoms with Crippen LogP contribution in [0.4, 0.5) is 0 Å². The molecule has 5 heteroatoms. The average molecular weight is 307 g/mol. The van der Waals surface area contributed by atoms with E-state index in [1.54, 1.807) is 0 Å². The van der Waals surface area contributed by atoms with E-state index in [4.69, 9.17) is 0 Å². The van der Waals surface area contributed by atoms with E-state index in [1.165, 1.54) is 6.42 Å². The number of hydrogen-bond acceptors (Lipinski definition) is 3. The fourth-order valence-electron chi connectivity index (χ4n) is 3.88. The standard InChI is InChI=1S/C17H29N3O2/c1-3-18-7-9-19(10-8-18)16(21)14-11-15(14)17(22)20-6-4-5-13(2)12-20/h13-15H,3-12H2,1-2H3. The number of carbonyl (C=O) groups excluding carboxylic acids is 2. The quantitative estimate of drug-likeness (QED) is 0.783. The number of piperidine rings is 1. The SMILES string of the molecule is CCN1CCN(C(=O)C2CC2C(=O)N2CCCC(C)C2)CC1. The van der Waals surface area contributed by atoms with Gasteiger partial charge in [-0.1, -0.05) is 13.8 Å². The molecule has 0 aromatic carbocycles. The van der Waals surface area contributed by atoms with E-state index in [-0.39, 0.29) is 23.7 Å². The Balaban J connectivity index is 1.49. The van der Waals surface area contributed by atoms with Crippen molar-refractivity contribution in [1.29, 1.82) is 0 Å². The molecule has 124 valence electrons. The zero-order valence-electron chi connectivity index (χ0n) is 14.0. The van der Waals surface area contributed by atoms with E-state index in [9.17, 15) is 9.59 Å². The van der Waals surface area contributed by atoms with Crippen LogP contribution in [0.5, 0.6) is 0 Å². The molecule has 3 rings (SSSR count). The van der Waals surface area contributed by atoms with Crippen LogP contribution in [0.2, 0.25) is 0 Å². The van der Waals surface area contributed by atoms with Crippen molar-refractivity contribution in [3.63, 3.8) is 0 Å². The Labute approximate surface area is 133 Å². The highest BCUT2D eigenvalue weighted by Gasteiger charge is 2.51. The molecule has 0 aromatic rings. The molecule has 3 fully saturated rings. The topological polar surface area (TPSA) is 43.9 Å². The minimum atomic E-state index is -0.0297.